The molecule has 4 aliphatic heterocycles. The Morgan fingerprint density at radius 1 is 0.582 bits per heavy atom. The van der Waals surface area contributed by atoms with E-state index in [9.17, 15) is 120 Å². The first-order valence-corrected chi connectivity index (χ1v) is 24.3. The number of hydrogen-bond acceptors (Lipinski definition) is 29. The van der Waals surface area contributed by atoms with Gasteiger partial charge in [-0.3, -0.25) is 22.8 Å². The summed E-state index contributed by atoms with van der Waals surface area (Å²) < 4.78 is 216. The smallest absolute Gasteiger partial charge is 0.397 e. The largest absolute Gasteiger partial charge is 0.506 e. The normalized spacial score (nSPS) is 38.3. The second-order valence-corrected chi connectivity index (χ2v) is 19.3. The van der Waals surface area contributed by atoms with E-state index in [0.717, 1.165) is 0 Å². The maximum absolute atomic E-state index is 12.6. The van der Waals surface area contributed by atoms with Gasteiger partial charge in [-0.1, -0.05) is 0 Å². The van der Waals surface area contributed by atoms with Gasteiger partial charge in [0, 0.05) is 0 Å². The van der Waals surface area contributed by atoms with Crippen molar-refractivity contribution < 1.29 is 166 Å². The highest BCUT2D eigenvalue weighted by atomic mass is 32.3. The Morgan fingerprint density at radius 3 is 1.57 bits per heavy atom. The fourth-order valence-electron chi connectivity index (χ4n) is 6.52. The first-order valence-electron chi connectivity index (χ1n) is 17.3. The van der Waals surface area contributed by atoms with Crippen LogP contribution in [0.1, 0.15) is 0 Å². The van der Waals surface area contributed by atoms with Gasteiger partial charge in [0.15, 0.2) is 42.9 Å². The monoisotopic (exact) mass is 1090 g/mol. The minimum atomic E-state index is -5.92. The van der Waals surface area contributed by atoms with E-state index in [1.165, 1.54) is 9.44 Å². The summed E-state index contributed by atoms with van der Waals surface area (Å²) in [6.07, 6.45) is -43.5. The Labute approximate surface area is 373 Å². The van der Waals surface area contributed by atoms with E-state index in [4.69, 9.17) is 33.2 Å². The predicted molar refractivity (Wildman–Crippen MR) is 191 cm³/mol. The zero-order chi connectivity index (χ0) is 51.1. The van der Waals surface area contributed by atoms with Crippen LogP contribution in [-0.4, -0.2) is 246 Å². The second kappa shape index (κ2) is 21.2. The Hall–Kier alpha value is -2.85. The lowest BCUT2D eigenvalue weighted by atomic mass is 9.95. The summed E-state index contributed by atoms with van der Waals surface area (Å²) in [6, 6.07) is -5.13. The van der Waals surface area contributed by atoms with Crippen LogP contribution in [0.5, 0.6) is 0 Å². The van der Waals surface area contributed by atoms with Gasteiger partial charge in [-0.25, -0.2) is 22.1 Å². The number of ether oxygens (including phenoxy) is 7. The van der Waals surface area contributed by atoms with Crippen molar-refractivity contribution >= 4 is 63.7 Å². The predicted octanol–water partition coefficient (Wildman–Crippen LogP) is -10.2. The average Bonchev–Trinajstić information content (AvgIpc) is 3.15. The van der Waals surface area contributed by atoms with E-state index in [1.807, 2.05) is 0 Å². The molecule has 3 saturated heterocycles. The van der Waals surface area contributed by atoms with E-state index >= 15 is 0 Å². The number of aliphatic hydroxyl groups excluding tert-OH is 7. The molecule has 3 fully saturated rings. The molecule has 390 valence electrons. The molecule has 0 aromatic heterocycles. The number of carboxylic acids is 2. The number of carbonyl (C=O) groups is 2. The van der Waals surface area contributed by atoms with E-state index in [2.05, 4.69) is 12.5 Å². The Balaban J connectivity index is 1.79. The Morgan fingerprint density at radius 2 is 1.07 bits per heavy atom. The SMILES string of the molecule is O=C(O)C1=C(O)[C@H](O)[C@@H](OS(=O)(=O)O)[C@H](O[C@H]2[C@H](O)[C@@H](NS(=O)(=O)O)[C@@H](O[C@H]3[C@H](O)[C@@H](OS(=O)(=O)O)[C@H](O[C@H]4[C@H](O)[C@@H](NS(=O)(=O)O)[C@@H](O)O[C@@H]4CO)O[C@H]3C(=O)O)O[C@@H]2COS(=O)(=O)O)O1. The van der Waals surface area contributed by atoms with Crippen LogP contribution in [0.2, 0.25) is 0 Å². The molecular formula is C24H38N2O36S5. The van der Waals surface area contributed by atoms with Crippen molar-refractivity contribution in [3.8, 4) is 0 Å². The van der Waals surface area contributed by atoms with Crippen molar-refractivity contribution in [1.29, 1.82) is 0 Å². The minimum Gasteiger partial charge on any atom is -0.506 e. The molecule has 43 heteroatoms. The van der Waals surface area contributed by atoms with E-state index in [0.29, 0.717) is 0 Å². The van der Waals surface area contributed by atoms with E-state index < -0.39 is 199 Å². The summed E-state index contributed by atoms with van der Waals surface area (Å²) in [4.78, 5) is 24.3. The highest BCUT2D eigenvalue weighted by molar-refractivity contribution is 7.84. The Bertz CT molecular complexity index is 2400. The molecule has 0 aromatic carbocycles. The zero-order valence-electron chi connectivity index (χ0n) is 32.1. The van der Waals surface area contributed by atoms with Crippen molar-refractivity contribution in [3.05, 3.63) is 11.5 Å². The van der Waals surface area contributed by atoms with Crippen LogP contribution in [0, 0.1) is 0 Å². The van der Waals surface area contributed by atoms with Crippen LogP contribution in [0.4, 0.5) is 0 Å². The summed E-state index contributed by atoms with van der Waals surface area (Å²) in [7, 11) is -28.4. The molecule has 0 aromatic rings. The maximum atomic E-state index is 12.6. The molecule has 0 unspecified atom stereocenters. The maximum Gasteiger partial charge on any atom is 0.397 e. The molecule has 0 aliphatic carbocycles. The molecule has 38 nitrogen and oxygen atoms in total. The summed E-state index contributed by atoms with van der Waals surface area (Å²) in [6.45, 7) is -3.01. The highest BCUT2D eigenvalue weighted by Gasteiger charge is 2.59. The van der Waals surface area contributed by atoms with Crippen LogP contribution in [0.3, 0.4) is 0 Å². The minimum absolute atomic E-state index is 1.24. The molecule has 4 aliphatic rings. The summed E-state index contributed by atoms with van der Waals surface area (Å²) >= 11 is 0. The average molecular weight is 1090 g/mol. The fourth-order valence-corrected chi connectivity index (χ4v) is 8.98. The van der Waals surface area contributed by atoms with Gasteiger partial charge in [-0.05, 0) is 0 Å². The van der Waals surface area contributed by atoms with Crippen LogP contribution < -0.4 is 9.44 Å². The topological polar surface area (TPSA) is 604 Å². The molecular weight excluding hydrogens is 1050 g/mol. The lowest BCUT2D eigenvalue weighted by molar-refractivity contribution is -0.362. The van der Waals surface area contributed by atoms with Gasteiger partial charge in [0.1, 0.15) is 67.0 Å². The molecule has 0 amide bonds. The van der Waals surface area contributed by atoms with Gasteiger partial charge < -0.3 is 79.1 Å². The number of carboxylic acid groups (broad SMARTS) is 2. The van der Waals surface area contributed by atoms with Crippen molar-refractivity contribution in [2.75, 3.05) is 13.2 Å². The third-order valence-corrected chi connectivity index (χ3v) is 11.6. The van der Waals surface area contributed by atoms with Crippen LogP contribution in [0.15, 0.2) is 11.5 Å². The quantitative estimate of drug-likeness (QED) is 0.0503. The van der Waals surface area contributed by atoms with E-state index in [1.54, 1.807) is 0 Å². The van der Waals surface area contributed by atoms with E-state index in [-0.39, 0.29) is 0 Å². The summed E-state index contributed by atoms with van der Waals surface area (Å²) in [5, 5.41) is 93.9. The van der Waals surface area contributed by atoms with Gasteiger partial charge in [0.2, 0.25) is 12.0 Å². The third-order valence-electron chi connectivity index (χ3n) is 9.12. The van der Waals surface area contributed by atoms with Gasteiger partial charge in [-0.15, -0.1) is 0 Å². The number of aliphatic carboxylic acids is 2. The molecule has 0 bridgehead atoms. The zero-order valence-corrected chi connectivity index (χ0v) is 36.2. The molecule has 0 saturated carbocycles. The molecule has 67 heavy (non-hydrogen) atoms. The highest BCUT2D eigenvalue weighted by Crippen LogP contribution is 2.37. The molecule has 18 atom stereocenters. The Kier molecular flexibility index (Phi) is 18.0. The van der Waals surface area contributed by atoms with Gasteiger partial charge >= 0.3 is 63.7 Å². The second-order valence-electron chi connectivity index (χ2n) is 13.7. The summed E-state index contributed by atoms with van der Waals surface area (Å²) in [5.41, 5.74) is 0. The molecule has 4 rings (SSSR count). The van der Waals surface area contributed by atoms with Gasteiger partial charge in [-0.2, -0.15) is 51.5 Å². The van der Waals surface area contributed by atoms with Gasteiger partial charge in [0.05, 0.1) is 13.2 Å². The van der Waals surface area contributed by atoms with Crippen LogP contribution >= 0.6 is 0 Å². The van der Waals surface area contributed by atoms with Crippen molar-refractivity contribution in [1.82, 2.24) is 9.44 Å². The third kappa shape index (κ3) is 15.1. The van der Waals surface area contributed by atoms with Crippen molar-refractivity contribution in [3.63, 3.8) is 0 Å². The molecule has 0 spiro atoms. The molecule has 4 heterocycles. The molecule has 0 radical (unpaired) electrons. The van der Waals surface area contributed by atoms with Gasteiger partial charge in [0.25, 0.3) is 0 Å². The fraction of sp³-hybridized carbons (Fsp3) is 0.833. The number of rotatable bonds is 20. The van der Waals surface area contributed by atoms with Crippen LogP contribution in [0.25, 0.3) is 0 Å². The standard InChI is InChI=1S/C24H38N2O36S5/c27-1-3-12(7(28)5(21(37)54-3)25-63(38,39)40)56-24-17(62-67(50,51)52)11(32)14(18(60-24)20(35)36)58-22-6(26-64(41,42)43)8(29)13(4(55-22)2-53-65(44,45)46)57-23-16(61-66(47,48)49)10(31)9(30)15(59-23)19(33)34/h3-8,10-14,16-18,21-32,37H,1-2H2,(H,33,34)(H,35,36)(H,38,39,40)(H,41,42,43)(H,44,45,46)(H,47,48,49)(H,50,51,52)/t3-,4-,5-,6-,7-,8-,10+,11+,12-,13-,14+,16-,17-,18-,21+,22-,23-,24-/m1/s1. The first kappa shape index (κ1) is 56.7. The number of aliphatic hydroxyl groups is 7. The van der Waals surface area contributed by atoms with Crippen LogP contribution in [-0.2, 0) is 107 Å². The lowest BCUT2D eigenvalue weighted by Gasteiger charge is -2.49. The first-order chi connectivity index (χ1) is 30.4. The summed E-state index contributed by atoms with van der Waals surface area (Å²) in [5.74, 6) is -7.93. The number of nitrogens with one attached hydrogen (secondary N) is 2. The van der Waals surface area contributed by atoms with Crippen molar-refractivity contribution in [2.45, 2.75) is 110 Å². The number of hydrogen-bond donors (Lipinski definition) is 16. The van der Waals surface area contributed by atoms with Crippen molar-refractivity contribution in [2.24, 2.45) is 0 Å². The lowest BCUT2D eigenvalue weighted by Crippen LogP contribution is -2.70. The molecule has 16 N–H and O–H groups in total.